The Morgan fingerprint density at radius 3 is 2.62 bits per heavy atom. The molecule has 2 aliphatic heterocycles. The van der Waals surface area contributed by atoms with Crippen LogP contribution in [0.25, 0.3) is 0 Å². The summed E-state index contributed by atoms with van der Waals surface area (Å²) >= 11 is 5.99. The van der Waals surface area contributed by atoms with Crippen LogP contribution in [0.15, 0.2) is 55.0 Å². The molecule has 1 aromatic carbocycles. The van der Waals surface area contributed by atoms with Gasteiger partial charge in [0.25, 0.3) is 5.91 Å². The Bertz CT molecular complexity index is 1160. The molecule has 5 rings (SSSR count). The van der Waals surface area contributed by atoms with E-state index in [1.807, 2.05) is 47.0 Å². The Labute approximate surface area is 202 Å². The standard InChI is InChI=1S/C25H26ClN5O3/c26-19-6-4-17(5-7-19)22-14-31-16-29-23(21(31)15-34-22)25(33)30-11-8-18(9-12-30)24(32)28-13-20-3-1-2-10-27-20/h1-7,10,16,18,22H,8-9,11-15H2,(H,28,32)/t22-/m1/s1. The fraction of sp³-hybridized carbons (Fsp3) is 0.360. The lowest BCUT2D eigenvalue weighted by Crippen LogP contribution is -2.43. The van der Waals surface area contributed by atoms with E-state index < -0.39 is 0 Å². The fourth-order valence-corrected chi connectivity index (χ4v) is 4.63. The number of ether oxygens (including phenoxy) is 1. The van der Waals surface area contributed by atoms with Gasteiger partial charge in [-0.05, 0) is 42.7 Å². The van der Waals surface area contributed by atoms with E-state index in [9.17, 15) is 9.59 Å². The molecule has 0 spiro atoms. The molecular formula is C25H26ClN5O3. The van der Waals surface area contributed by atoms with Crippen LogP contribution in [0.1, 0.15) is 46.4 Å². The molecule has 1 atom stereocenters. The summed E-state index contributed by atoms with van der Waals surface area (Å²) in [6, 6.07) is 13.2. The molecule has 8 nitrogen and oxygen atoms in total. The molecule has 34 heavy (non-hydrogen) atoms. The number of piperidine rings is 1. The number of rotatable bonds is 5. The number of pyridine rings is 1. The summed E-state index contributed by atoms with van der Waals surface area (Å²) in [5.41, 5.74) is 3.10. The highest BCUT2D eigenvalue weighted by atomic mass is 35.5. The number of benzene rings is 1. The maximum absolute atomic E-state index is 13.2. The summed E-state index contributed by atoms with van der Waals surface area (Å²) in [5, 5.41) is 3.64. The second kappa shape index (κ2) is 9.95. The normalized spacial score (nSPS) is 18.4. The Hall–Kier alpha value is -3.23. The lowest BCUT2D eigenvalue weighted by atomic mass is 9.95. The smallest absolute Gasteiger partial charge is 0.274 e. The minimum Gasteiger partial charge on any atom is -0.365 e. The van der Waals surface area contributed by atoms with E-state index in [1.54, 1.807) is 17.4 Å². The van der Waals surface area contributed by atoms with E-state index >= 15 is 0 Å². The number of imidazole rings is 1. The number of carbonyl (C=O) groups is 2. The first-order chi connectivity index (χ1) is 16.6. The van der Waals surface area contributed by atoms with Crippen molar-refractivity contribution >= 4 is 23.4 Å². The van der Waals surface area contributed by atoms with Crippen molar-refractivity contribution in [2.75, 3.05) is 13.1 Å². The van der Waals surface area contributed by atoms with E-state index in [0.717, 1.165) is 17.0 Å². The molecule has 1 N–H and O–H groups in total. The minimum absolute atomic E-state index is 0.0127. The molecule has 1 saturated heterocycles. The summed E-state index contributed by atoms with van der Waals surface area (Å²) in [6.45, 7) is 2.38. The number of likely N-dealkylation sites (tertiary alicyclic amines) is 1. The van der Waals surface area contributed by atoms with Crippen LogP contribution in [0.5, 0.6) is 0 Å². The number of hydrogen-bond donors (Lipinski definition) is 1. The molecule has 176 valence electrons. The highest BCUT2D eigenvalue weighted by Gasteiger charge is 2.32. The van der Waals surface area contributed by atoms with Gasteiger partial charge in [-0.3, -0.25) is 14.6 Å². The Balaban J connectivity index is 1.16. The van der Waals surface area contributed by atoms with Gasteiger partial charge in [0.15, 0.2) is 5.69 Å². The number of amides is 2. The summed E-state index contributed by atoms with van der Waals surface area (Å²) in [7, 11) is 0. The number of aromatic nitrogens is 3. The predicted molar refractivity (Wildman–Crippen MR) is 126 cm³/mol. The average Bonchev–Trinajstić information content (AvgIpc) is 3.31. The van der Waals surface area contributed by atoms with Gasteiger partial charge in [0.2, 0.25) is 5.91 Å². The number of carbonyl (C=O) groups excluding carboxylic acids is 2. The van der Waals surface area contributed by atoms with Gasteiger partial charge in [-0.1, -0.05) is 29.8 Å². The average molecular weight is 480 g/mol. The molecule has 1 fully saturated rings. The van der Waals surface area contributed by atoms with Crippen LogP contribution in [-0.2, 0) is 29.2 Å². The van der Waals surface area contributed by atoms with E-state index in [-0.39, 0.29) is 23.8 Å². The van der Waals surface area contributed by atoms with Crippen molar-refractivity contribution in [1.29, 1.82) is 0 Å². The molecule has 2 amide bonds. The minimum atomic E-state index is -0.109. The van der Waals surface area contributed by atoms with Crippen molar-refractivity contribution in [2.24, 2.45) is 5.92 Å². The Morgan fingerprint density at radius 2 is 1.88 bits per heavy atom. The summed E-state index contributed by atoms with van der Waals surface area (Å²) in [5.74, 6) is -0.194. The summed E-state index contributed by atoms with van der Waals surface area (Å²) in [6.07, 6.45) is 4.58. The van der Waals surface area contributed by atoms with Gasteiger partial charge in [-0.15, -0.1) is 0 Å². The van der Waals surface area contributed by atoms with Crippen LogP contribution in [0.3, 0.4) is 0 Å². The van der Waals surface area contributed by atoms with Crippen molar-refractivity contribution in [3.8, 4) is 0 Å². The Kier molecular flexibility index (Phi) is 6.60. The molecule has 4 heterocycles. The number of hydrogen-bond acceptors (Lipinski definition) is 5. The monoisotopic (exact) mass is 479 g/mol. The van der Waals surface area contributed by atoms with Crippen LogP contribution in [-0.4, -0.2) is 44.3 Å². The second-order valence-electron chi connectivity index (χ2n) is 8.65. The third-order valence-electron chi connectivity index (χ3n) is 6.50. The van der Waals surface area contributed by atoms with Crippen LogP contribution in [0.2, 0.25) is 5.02 Å². The van der Waals surface area contributed by atoms with Crippen LogP contribution in [0.4, 0.5) is 0 Å². The van der Waals surface area contributed by atoms with E-state index in [2.05, 4.69) is 15.3 Å². The molecule has 0 radical (unpaired) electrons. The number of halogens is 1. The molecule has 3 aromatic rings. The van der Waals surface area contributed by atoms with E-state index in [1.165, 1.54) is 0 Å². The molecule has 9 heteroatoms. The molecule has 2 aliphatic rings. The zero-order chi connectivity index (χ0) is 23.5. The third-order valence-corrected chi connectivity index (χ3v) is 6.75. The van der Waals surface area contributed by atoms with Gasteiger partial charge in [0.05, 0.1) is 37.4 Å². The van der Waals surface area contributed by atoms with Crippen LogP contribution in [0, 0.1) is 5.92 Å². The third kappa shape index (κ3) is 4.83. The van der Waals surface area contributed by atoms with Gasteiger partial charge in [-0.2, -0.15) is 0 Å². The van der Waals surface area contributed by atoms with Gasteiger partial charge in [0, 0.05) is 30.2 Å². The lowest BCUT2D eigenvalue weighted by molar-refractivity contribution is -0.126. The molecule has 0 bridgehead atoms. The van der Waals surface area contributed by atoms with Gasteiger partial charge in [0.1, 0.15) is 6.10 Å². The Morgan fingerprint density at radius 1 is 1.09 bits per heavy atom. The SMILES string of the molecule is O=C(NCc1ccccn1)C1CCN(C(=O)c2ncn3c2CO[C@@H](c2ccc(Cl)cc2)C3)CC1. The van der Waals surface area contributed by atoms with Crippen molar-refractivity contribution < 1.29 is 14.3 Å². The maximum Gasteiger partial charge on any atom is 0.274 e. The molecule has 0 saturated carbocycles. The van der Waals surface area contributed by atoms with Crippen LogP contribution >= 0.6 is 11.6 Å². The first kappa shape index (κ1) is 22.6. The van der Waals surface area contributed by atoms with Gasteiger partial charge in [-0.25, -0.2) is 4.98 Å². The number of nitrogens with zero attached hydrogens (tertiary/aromatic N) is 4. The molecular weight excluding hydrogens is 454 g/mol. The van der Waals surface area contributed by atoms with Crippen molar-refractivity contribution in [1.82, 2.24) is 24.8 Å². The molecule has 0 aliphatic carbocycles. The highest BCUT2D eigenvalue weighted by molar-refractivity contribution is 6.30. The highest BCUT2D eigenvalue weighted by Crippen LogP contribution is 2.29. The first-order valence-corrected chi connectivity index (χ1v) is 11.8. The van der Waals surface area contributed by atoms with E-state index in [0.29, 0.717) is 56.3 Å². The van der Waals surface area contributed by atoms with Crippen molar-refractivity contribution in [2.45, 2.75) is 38.6 Å². The summed E-state index contributed by atoms with van der Waals surface area (Å²) in [4.78, 5) is 36.2. The van der Waals surface area contributed by atoms with Gasteiger partial charge >= 0.3 is 0 Å². The maximum atomic E-state index is 13.2. The fourth-order valence-electron chi connectivity index (χ4n) is 4.50. The summed E-state index contributed by atoms with van der Waals surface area (Å²) < 4.78 is 8.04. The lowest BCUT2D eigenvalue weighted by Gasteiger charge is -2.31. The van der Waals surface area contributed by atoms with E-state index in [4.69, 9.17) is 16.3 Å². The first-order valence-electron chi connectivity index (χ1n) is 11.5. The number of nitrogens with one attached hydrogen (secondary N) is 1. The molecule has 2 aromatic heterocycles. The number of fused-ring (bicyclic) bond motifs is 1. The quantitative estimate of drug-likeness (QED) is 0.606. The second-order valence-corrected chi connectivity index (χ2v) is 9.09. The van der Waals surface area contributed by atoms with Crippen molar-refractivity contribution in [3.63, 3.8) is 0 Å². The van der Waals surface area contributed by atoms with Gasteiger partial charge < -0.3 is 19.5 Å². The predicted octanol–water partition coefficient (Wildman–Crippen LogP) is 3.37. The zero-order valence-corrected chi connectivity index (χ0v) is 19.4. The topological polar surface area (TPSA) is 89.4 Å². The zero-order valence-electron chi connectivity index (χ0n) is 18.7. The van der Waals surface area contributed by atoms with Crippen LogP contribution < -0.4 is 5.32 Å². The molecule has 0 unspecified atom stereocenters. The van der Waals surface area contributed by atoms with Crippen molar-refractivity contribution in [3.05, 3.63) is 82.7 Å². The largest absolute Gasteiger partial charge is 0.365 e.